The van der Waals surface area contributed by atoms with Gasteiger partial charge < -0.3 is 9.64 Å². The van der Waals surface area contributed by atoms with Crippen LogP contribution in [0.1, 0.15) is 68.3 Å². The molecule has 9 heteroatoms. The van der Waals surface area contributed by atoms with Crippen LogP contribution in [0, 0.1) is 5.92 Å². The molecule has 7 nitrogen and oxygen atoms in total. The normalized spacial score (nSPS) is 30.4. The number of pyridine rings is 1. The third-order valence-electron chi connectivity index (χ3n) is 7.44. The maximum atomic E-state index is 6.46. The summed E-state index contributed by atoms with van der Waals surface area (Å²) in [5, 5.41) is 5.85. The molecule has 3 aliphatic rings. The number of rotatable bonds is 5. The highest BCUT2D eigenvalue weighted by atomic mass is 35.5. The van der Waals surface area contributed by atoms with E-state index in [9.17, 15) is 0 Å². The second kappa shape index (κ2) is 9.57. The van der Waals surface area contributed by atoms with Gasteiger partial charge in [-0.25, -0.2) is 5.43 Å². The molecule has 2 N–H and O–H groups in total. The summed E-state index contributed by atoms with van der Waals surface area (Å²) in [6.45, 7) is 4.29. The van der Waals surface area contributed by atoms with Crippen molar-refractivity contribution in [2.24, 2.45) is 5.92 Å². The lowest BCUT2D eigenvalue weighted by atomic mass is 9.78. The molecule has 0 spiro atoms. The number of hydrogen-bond acceptors (Lipinski definition) is 6. The van der Waals surface area contributed by atoms with Crippen molar-refractivity contribution in [2.45, 2.75) is 69.4 Å². The van der Waals surface area contributed by atoms with E-state index in [0.29, 0.717) is 28.0 Å². The highest BCUT2D eigenvalue weighted by Crippen LogP contribution is 2.41. The SMILES string of the molecule is C[C@@H](OC1CCC2NNC(c3cnn(C4CCN(C)CC4)c3)C2C1)c1c(Cl)cncc1Cl. The van der Waals surface area contributed by atoms with Crippen LogP contribution in [0.15, 0.2) is 24.8 Å². The second-order valence-electron chi connectivity index (χ2n) is 9.56. The Kier molecular flexibility index (Phi) is 6.75. The van der Waals surface area contributed by atoms with Crippen molar-refractivity contribution in [3.63, 3.8) is 0 Å². The van der Waals surface area contributed by atoms with Gasteiger partial charge in [-0.05, 0) is 65.1 Å². The molecule has 5 rings (SSSR count). The highest BCUT2D eigenvalue weighted by molar-refractivity contribution is 6.35. The fourth-order valence-electron chi connectivity index (χ4n) is 5.61. The van der Waals surface area contributed by atoms with Gasteiger partial charge in [0.25, 0.3) is 0 Å². The molecule has 0 bridgehead atoms. The molecule has 32 heavy (non-hydrogen) atoms. The Balaban J connectivity index is 1.25. The monoisotopic (exact) mass is 478 g/mol. The standard InChI is InChI=1S/C23H32Cl2N6O/c1-14(22-19(24)11-26-12-20(22)25)32-17-3-4-21-18(9-17)23(29-28-21)15-10-27-31(13-15)16-5-7-30(2)8-6-16/h10-14,16-18,21,23,28-29H,3-9H2,1-2H3/t14-,17?,18?,21?,23?/m1/s1. The number of fused-ring (bicyclic) bond motifs is 1. The van der Waals surface area contributed by atoms with E-state index >= 15 is 0 Å². The second-order valence-corrected chi connectivity index (χ2v) is 10.4. The molecular weight excluding hydrogens is 447 g/mol. The van der Waals surface area contributed by atoms with Gasteiger partial charge in [0.1, 0.15) is 0 Å². The van der Waals surface area contributed by atoms with Crippen molar-refractivity contribution in [1.82, 2.24) is 30.5 Å². The number of nitrogens with one attached hydrogen (secondary N) is 2. The molecule has 0 radical (unpaired) electrons. The van der Waals surface area contributed by atoms with E-state index in [0.717, 1.165) is 50.8 Å². The lowest BCUT2D eigenvalue weighted by Crippen LogP contribution is -2.37. The van der Waals surface area contributed by atoms with Crippen LogP contribution < -0.4 is 10.9 Å². The van der Waals surface area contributed by atoms with Crippen LogP contribution in [0.4, 0.5) is 0 Å². The first-order valence-corrected chi connectivity index (χ1v) is 12.4. The van der Waals surface area contributed by atoms with Crippen molar-refractivity contribution in [3.8, 4) is 0 Å². The zero-order valence-corrected chi connectivity index (χ0v) is 20.2. The molecule has 0 amide bonds. The largest absolute Gasteiger partial charge is 0.370 e. The molecule has 2 saturated heterocycles. The third kappa shape index (κ3) is 4.56. The van der Waals surface area contributed by atoms with E-state index in [4.69, 9.17) is 33.0 Å². The van der Waals surface area contributed by atoms with Crippen LogP contribution in [-0.4, -0.2) is 51.9 Å². The minimum absolute atomic E-state index is 0.166. The van der Waals surface area contributed by atoms with Crippen molar-refractivity contribution < 1.29 is 4.74 Å². The van der Waals surface area contributed by atoms with Crippen molar-refractivity contribution in [3.05, 3.63) is 46.0 Å². The van der Waals surface area contributed by atoms with Gasteiger partial charge in [0, 0.05) is 35.8 Å². The maximum absolute atomic E-state index is 6.46. The van der Waals surface area contributed by atoms with Gasteiger partial charge in [0.15, 0.2) is 0 Å². The van der Waals surface area contributed by atoms with Crippen molar-refractivity contribution in [1.29, 1.82) is 0 Å². The lowest BCUT2D eigenvalue weighted by molar-refractivity contribution is -0.0370. The van der Waals surface area contributed by atoms with E-state index in [1.807, 2.05) is 13.1 Å². The van der Waals surface area contributed by atoms with Crippen molar-refractivity contribution in [2.75, 3.05) is 20.1 Å². The number of hydrazine groups is 1. The Morgan fingerprint density at radius 3 is 2.56 bits per heavy atom. The summed E-state index contributed by atoms with van der Waals surface area (Å²) >= 11 is 12.7. The minimum atomic E-state index is -0.174. The Morgan fingerprint density at radius 1 is 1.06 bits per heavy atom. The average Bonchev–Trinajstić information content (AvgIpc) is 3.41. The lowest BCUT2D eigenvalue weighted by Gasteiger charge is -2.34. The van der Waals surface area contributed by atoms with Crippen molar-refractivity contribution >= 4 is 23.2 Å². The number of nitrogens with zero attached hydrogens (tertiary/aromatic N) is 4. The average molecular weight is 479 g/mol. The van der Waals surface area contributed by atoms with E-state index in [2.05, 4.69) is 38.7 Å². The fraction of sp³-hybridized carbons (Fsp3) is 0.652. The first kappa shape index (κ1) is 22.6. The van der Waals surface area contributed by atoms with Gasteiger partial charge in [-0.15, -0.1) is 0 Å². The molecular formula is C23H32Cl2N6O. The topological polar surface area (TPSA) is 67.2 Å². The number of likely N-dealkylation sites (tertiary alicyclic amines) is 1. The number of ether oxygens (including phenoxy) is 1. The predicted molar refractivity (Wildman–Crippen MR) is 126 cm³/mol. The number of hydrogen-bond donors (Lipinski definition) is 2. The van der Waals surface area contributed by atoms with E-state index in [-0.39, 0.29) is 18.2 Å². The first-order chi connectivity index (χ1) is 15.5. The third-order valence-corrected chi connectivity index (χ3v) is 8.04. The molecule has 2 aliphatic heterocycles. The predicted octanol–water partition coefficient (Wildman–Crippen LogP) is 4.32. The van der Waals surface area contributed by atoms with Gasteiger partial charge in [0.2, 0.25) is 0 Å². The Labute approximate surface area is 199 Å². The zero-order chi connectivity index (χ0) is 22.2. The van der Waals surface area contributed by atoms with E-state index in [1.54, 1.807) is 12.4 Å². The van der Waals surface area contributed by atoms with Crippen LogP contribution >= 0.6 is 23.2 Å². The highest BCUT2D eigenvalue weighted by Gasteiger charge is 2.42. The van der Waals surface area contributed by atoms with E-state index in [1.165, 1.54) is 5.56 Å². The molecule has 1 aliphatic carbocycles. The molecule has 3 fully saturated rings. The summed E-state index contributed by atoms with van der Waals surface area (Å²) in [5.74, 6) is 0.458. The van der Waals surface area contributed by atoms with Gasteiger partial charge >= 0.3 is 0 Å². The molecule has 174 valence electrons. The summed E-state index contributed by atoms with van der Waals surface area (Å²) in [6.07, 6.45) is 12.9. The van der Waals surface area contributed by atoms with Crippen LogP contribution in [0.25, 0.3) is 0 Å². The summed E-state index contributed by atoms with van der Waals surface area (Å²) in [6, 6.07) is 1.20. The molecule has 1 saturated carbocycles. The number of piperidine rings is 1. The molecule has 0 aromatic carbocycles. The molecule has 2 aromatic heterocycles. The Bertz CT molecular complexity index is 911. The van der Waals surface area contributed by atoms with E-state index < -0.39 is 0 Å². The van der Waals surface area contributed by atoms with Crippen LogP contribution in [0.5, 0.6) is 0 Å². The van der Waals surface area contributed by atoms with Crippen LogP contribution in [0.3, 0.4) is 0 Å². The van der Waals surface area contributed by atoms with Gasteiger partial charge in [-0.1, -0.05) is 23.2 Å². The number of halogens is 2. The van der Waals surface area contributed by atoms with Gasteiger partial charge in [-0.2, -0.15) is 5.10 Å². The molecule has 5 atom stereocenters. The molecule has 2 aromatic rings. The summed E-state index contributed by atoms with van der Waals surface area (Å²) in [5.41, 5.74) is 9.16. The van der Waals surface area contributed by atoms with Crippen LogP contribution in [-0.2, 0) is 4.74 Å². The first-order valence-electron chi connectivity index (χ1n) is 11.7. The quantitative estimate of drug-likeness (QED) is 0.666. The summed E-state index contributed by atoms with van der Waals surface area (Å²) in [4.78, 5) is 6.45. The minimum Gasteiger partial charge on any atom is -0.370 e. The van der Waals surface area contributed by atoms with Gasteiger partial charge in [0.05, 0.1) is 40.5 Å². The maximum Gasteiger partial charge on any atom is 0.0830 e. The molecule has 4 heterocycles. The Morgan fingerprint density at radius 2 is 1.81 bits per heavy atom. The summed E-state index contributed by atoms with van der Waals surface area (Å²) in [7, 11) is 2.19. The summed E-state index contributed by atoms with van der Waals surface area (Å²) < 4.78 is 8.65. The van der Waals surface area contributed by atoms with Gasteiger partial charge in [-0.3, -0.25) is 15.1 Å². The Hall–Kier alpha value is -1.22. The zero-order valence-electron chi connectivity index (χ0n) is 18.7. The fourth-order valence-corrected chi connectivity index (χ4v) is 6.28. The van der Waals surface area contributed by atoms with Crippen LogP contribution in [0.2, 0.25) is 10.0 Å². The smallest absolute Gasteiger partial charge is 0.0830 e. The molecule has 4 unspecified atom stereocenters. The number of aromatic nitrogens is 3.